The number of hydrogen-bond donors (Lipinski definition) is 2. The van der Waals surface area contributed by atoms with E-state index in [1.54, 1.807) is 0 Å². The van der Waals surface area contributed by atoms with Gasteiger partial charge in [-0.2, -0.15) is 0 Å². The molecule has 0 radical (unpaired) electrons. The second-order valence-corrected chi connectivity index (χ2v) is 7.46. The van der Waals surface area contributed by atoms with E-state index in [0.29, 0.717) is 17.9 Å². The molecule has 0 aromatic rings. The minimum Gasteiger partial charge on any atom is -0.480 e. The van der Waals surface area contributed by atoms with Crippen LogP contribution in [0.5, 0.6) is 0 Å². The molecule has 20 heavy (non-hydrogen) atoms. The Kier molecular flexibility index (Phi) is 5.48. The Hall–Kier alpha value is -0.570. The number of nitrogens with one attached hydrogen (secondary N) is 1. The Bertz CT molecular complexity index is 323. The molecule has 3 nitrogen and oxygen atoms in total. The number of aliphatic carboxylic acids is 1. The van der Waals surface area contributed by atoms with E-state index >= 15 is 0 Å². The summed E-state index contributed by atoms with van der Waals surface area (Å²) in [5, 5.41) is 13.4. The monoisotopic (exact) mass is 281 g/mol. The molecule has 0 aliphatic heterocycles. The van der Waals surface area contributed by atoms with Crippen molar-refractivity contribution >= 4 is 5.97 Å². The first-order valence-corrected chi connectivity index (χ1v) is 8.53. The molecule has 0 heterocycles. The van der Waals surface area contributed by atoms with Gasteiger partial charge in [0.1, 0.15) is 5.54 Å². The van der Waals surface area contributed by atoms with Crippen molar-refractivity contribution in [3.63, 3.8) is 0 Å². The van der Waals surface area contributed by atoms with E-state index in [1.807, 2.05) is 0 Å². The first-order chi connectivity index (χ1) is 9.52. The van der Waals surface area contributed by atoms with Gasteiger partial charge in [-0.25, -0.2) is 0 Å². The molecule has 2 aliphatic carbocycles. The number of carbonyl (C=O) groups is 1. The van der Waals surface area contributed by atoms with Gasteiger partial charge in [-0.15, -0.1) is 0 Å². The van der Waals surface area contributed by atoms with Crippen molar-refractivity contribution in [2.75, 3.05) is 0 Å². The van der Waals surface area contributed by atoms with Crippen LogP contribution < -0.4 is 5.32 Å². The summed E-state index contributed by atoms with van der Waals surface area (Å²) in [6.45, 7) is 4.48. The maximum absolute atomic E-state index is 11.9. The minimum absolute atomic E-state index is 0.428. The lowest BCUT2D eigenvalue weighted by Crippen LogP contribution is -2.58. The lowest BCUT2D eigenvalue weighted by Gasteiger charge is -2.42. The van der Waals surface area contributed by atoms with Crippen LogP contribution in [0.15, 0.2) is 0 Å². The van der Waals surface area contributed by atoms with Gasteiger partial charge in [0, 0.05) is 6.04 Å². The van der Waals surface area contributed by atoms with Crippen LogP contribution in [0.25, 0.3) is 0 Å². The van der Waals surface area contributed by atoms with Gasteiger partial charge in [0.15, 0.2) is 0 Å². The van der Waals surface area contributed by atoms with E-state index in [1.165, 1.54) is 32.1 Å². The third kappa shape index (κ3) is 3.97. The summed E-state index contributed by atoms with van der Waals surface area (Å²) in [5.41, 5.74) is -0.639. The minimum atomic E-state index is -0.639. The lowest BCUT2D eigenvalue weighted by molar-refractivity contribution is -0.148. The number of hydrogen-bond acceptors (Lipinski definition) is 2. The van der Waals surface area contributed by atoms with Crippen LogP contribution in [0, 0.1) is 11.8 Å². The van der Waals surface area contributed by atoms with Crippen LogP contribution in [0.3, 0.4) is 0 Å². The zero-order valence-corrected chi connectivity index (χ0v) is 13.2. The van der Waals surface area contributed by atoms with Crippen molar-refractivity contribution in [3.05, 3.63) is 0 Å². The van der Waals surface area contributed by atoms with Crippen LogP contribution in [0.4, 0.5) is 0 Å². The van der Waals surface area contributed by atoms with Gasteiger partial charge < -0.3 is 5.11 Å². The zero-order chi connectivity index (χ0) is 14.6. The quantitative estimate of drug-likeness (QED) is 0.801. The van der Waals surface area contributed by atoms with Gasteiger partial charge in [0.05, 0.1) is 0 Å². The van der Waals surface area contributed by atoms with E-state index in [4.69, 9.17) is 0 Å². The first kappa shape index (κ1) is 15.8. The van der Waals surface area contributed by atoms with Crippen LogP contribution in [-0.2, 0) is 4.79 Å². The number of rotatable bonds is 5. The molecule has 2 rings (SSSR count). The highest BCUT2D eigenvalue weighted by atomic mass is 16.4. The molecule has 0 amide bonds. The fourth-order valence-corrected chi connectivity index (χ4v) is 4.28. The standard InChI is InChI=1S/C17H31NO2/c1-13(2)11-14-7-6-10-17(12-14,16(19)20)18-15-8-4-3-5-9-15/h13-15,18H,3-12H2,1-2H3,(H,19,20). The highest BCUT2D eigenvalue weighted by Crippen LogP contribution is 2.37. The summed E-state index contributed by atoms with van der Waals surface area (Å²) in [7, 11) is 0. The van der Waals surface area contributed by atoms with Crippen LogP contribution in [-0.4, -0.2) is 22.7 Å². The van der Waals surface area contributed by atoms with Gasteiger partial charge in [0.25, 0.3) is 0 Å². The van der Waals surface area contributed by atoms with E-state index in [9.17, 15) is 9.90 Å². The third-order valence-corrected chi connectivity index (χ3v) is 5.15. The maximum atomic E-state index is 11.9. The molecular formula is C17H31NO2. The van der Waals surface area contributed by atoms with Crippen molar-refractivity contribution < 1.29 is 9.90 Å². The second kappa shape index (κ2) is 6.93. The molecule has 0 saturated heterocycles. The summed E-state index contributed by atoms with van der Waals surface area (Å²) in [6, 6.07) is 0.428. The van der Waals surface area contributed by atoms with Gasteiger partial charge in [-0.05, 0) is 43.9 Å². The summed E-state index contributed by atoms with van der Waals surface area (Å²) in [6.07, 6.45) is 11.2. The first-order valence-electron chi connectivity index (χ1n) is 8.53. The maximum Gasteiger partial charge on any atom is 0.323 e. The van der Waals surface area contributed by atoms with E-state index in [2.05, 4.69) is 19.2 Å². The molecule has 2 unspecified atom stereocenters. The molecule has 2 aliphatic rings. The summed E-state index contributed by atoms with van der Waals surface area (Å²) in [4.78, 5) is 11.9. The highest BCUT2D eigenvalue weighted by molar-refractivity contribution is 5.79. The van der Waals surface area contributed by atoms with Crippen molar-refractivity contribution in [3.8, 4) is 0 Å². The average Bonchev–Trinajstić information content (AvgIpc) is 2.39. The van der Waals surface area contributed by atoms with E-state index in [0.717, 1.165) is 32.1 Å². The molecule has 116 valence electrons. The largest absolute Gasteiger partial charge is 0.480 e. The molecule has 2 saturated carbocycles. The Morgan fingerprint density at radius 3 is 2.50 bits per heavy atom. The lowest BCUT2D eigenvalue weighted by atomic mass is 9.72. The predicted octanol–water partition coefficient (Wildman–Crippen LogP) is 3.97. The smallest absolute Gasteiger partial charge is 0.323 e. The molecule has 0 aromatic heterocycles. The average molecular weight is 281 g/mol. The predicted molar refractivity (Wildman–Crippen MR) is 81.8 cm³/mol. The second-order valence-electron chi connectivity index (χ2n) is 7.46. The molecule has 0 bridgehead atoms. The van der Waals surface area contributed by atoms with Crippen molar-refractivity contribution in [2.24, 2.45) is 11.8 Å². The van der Waals surface area contributed by atoms with Crippen LogP contribution in [0.1, 0.15) is 78.1 Å². The highest BCUT2D eigenvalue weighted by Gasteiger charge is 2.44. The SMILES string of the molecule is CC(C)CC1CCCC(NC2CCCCC2)(C(=O)O)C1. The van der Waals surface area contributed by atoms with Crippen molar-refractivity contribution in [1.29, 1.82) is 0 Å². The van der Waals surface area contributed by atoms with Gasteiger partial charge >= 0.3 is 5.97 Å². The molecule has 3 heteroatoms. The summed E-state index contributed by atoms with van der Waals surface area (Å²) < 4.78 is 0. The molecule has 2 fully saturated rings. The molecule has 0 spiro atoms. The van der Waals surface area contributed by atoms with Crippen molar-refractivity contribution in [2.45, 2.75) is 89.6 Å². The number of carboxylic acid groups (broad SMARTS) is 1. The van der Waals surface area contributed by atoms with Gasteiger partial charge in [-0.1, -0.05) is 46.0 Å². The molecule has 2 atom stereocenters. The normalized spacial score (nSPS) is 32.5. The topological polar surface area (TPSA) is 49.3 Å². The zero-order valence-electron chi connectivity index (χ0n) is 13.2. The molecule has 2 N–H and O–H groups in total. The molecular weight excluding hydrogens is 250 g/mol. The fraction of sp³-hybridized carbons (Fsp3) is 0.941. The van der Waals surface area contributed by atoms with Gasteiger partial charge in [-0.3, -0.25) is 10.1 Å². The number of carboxylic acids is 1. The van der Waals surface area contributed by atoms with E-state index in [-0.39, 0.29) is 0 Å². The third-order valence-electron chi connectivity index (χ3n) is 5.15. The molecule has 0 aromatic carbocycles. The Labute approximate surface area is 123 Å². The van der Waals surface area contributed by atoms with Crippen LogP contribution >= 0.6 is 0 Å². The van der Waals surface area contributed by atoms with Gasteiger partial charge in [0.2, 0.25) is 0 Å². The van der Waals surface area contributed by atoms with Crippen LogP contribution in [0.2, 0.25) is 0 Å². The summed E-state index contributed by atoms with van der Waals surface area (Å²) >= 11 is 0. The Morgan fingerprint density at radius 2 is 1.90 bits per heavy atom. The van der Waals surface area contributed by atoms with Crippen molar-refractivity contribution in [1.82, 2.24) is 5.32 Å². The fourth-order valence-electron chi connectivity index (χ4n) is 4.28. The van der Waals surface area contributed by atoms with E-state index < -0.39 is 11.5 Å². The Morgan fingerprint density at radius 1 is 1.20 bits per heavy atom. The summed E-state index contributed by atoms with van der Waals surface area (Å²) in [5.74, 6) is 0.631. The Balaban J connectivity index is 2.02.